The van der Waals surface area contributed by atoms with Gasteiger partial charge in [-0.25, -0.2) is 0 Å². The molecule has 0 atom stereocenters. The lowest BCUT2D eigenvalue weighted by molar-refractivity contribution is 0.0907. The Morgan fingerprint density at radius 3 is 2.81 bits per heavy atom. The van der Waals surface area contributed by atoms with Crippen molar-refractivity contribution in [3.8, 4) is 0 Å². The number of nitrogens with zero attached hydrogens (tertiary/aromatic N) is 4. The summed E-state index contributed by atoms with van der Waals surface area (Å²) in [7, 11) is 0. The second-order valence-corrected chi connectivity index (χ2v) is 4.53. The van der Waals surface area contributed by atoms with Crippen LogP contribution < -0.4 is 5.32 Å². The van der Waals surface area contributed by atoms with Crippen molar-refractivity contribution in [3.05, 3.63) is 24.4 Å². The van der Waals surface area contributed by atoms with Crippen LogP contribution in [0.5, 0.6) is 0 Å². The van der Waals surface area contributed by atoms with Crippen molar-refractivity contribution in [1.82, 2.24) is 24.9 Å². The zero-order valence-electron chi connectivity index (χ0n) is 9.43. The van der Waals surface area contributed by atoms with Gasteiger partial charge < -0.3 is 5.32 Å². The van der Waals surface area contributed by atoms with Gasteiger partial charge in [0.2, 0.25) is 5.82 Å². The second-order valence-electron chi connectivity index (χ2n) is 4.53. The first-order valence-electron chi connectivity index (χ1n) is 4.95. The molecule has 1 N–H and O–H groups in total. The van der Waals surface area contributed by atoms with Gasteiger partial charge in [-0.15, -0.1) is 10.2 Å². The molecule has 0 aliphatic rings. The van der Waals surface area contributed by atoms with Crippen LogP contribution in [-0.4, -0.2) is 31.0 Å². The highest BCUT2D eigenvalue weighted by atomic mass is 16.2. The monoisotopic (exact) mass is 219 g/mol. The summed E-state index contributed by atoms with van der Waals surface area (Å²) in [5.74, 6) is 0.0264. The Labute approximate surface area is 92.7 Å². The summed E-state index contributed by atoms with van der Waals surface area (Å²) >= 11 is 0. The van der Waals surface area contributed by atoms with Crippen molar-refractivity contribution in [1.29, 1.82) is 0 Å². The fraction of sp³-hybridized carbons (Fsp3) is 0.400. The summed E-state index contributed by atoms with van der Waals surface area (Å²) < 4.78 is 1.61. The lowest BCUT2D eigenvalue weighted by Crippen LogP contribution is -2.41. The zero-order valence-corrected chi connectivity index (χ0v) is 9.43. The molecule has 0 saturated carbocycles. The summed E-state index contributed by atoms with van der Waals surface area (Å²) in [6.45, 7) is 5.74. The first kappa shape index (κ1) is 10.5. The van der Waals surface area contributed by atoms with Crippen LogP contribution in [0.3, 0.4) is 0 Å². The van der Waals surface area contributed by atoms with E-state index in [9.17, 15) is 4.79 Å². The molecular weight excluding hydrogens is 206 g/mol. The number of nitrogens with one attached hydrogen (secondary N) is 1. The molecule has 0 saturated heterocycles. The number of amides is 1. The molecule has 0 aromatic carbocycles. The quantitative estimate of drug-likeness (QED) is 0.764. The minimum atomic E-state index is -0.296. The van der Waals surface area contributed by atoms with Crippen molar-refractivity contribution >= 4 is 11.6 Å². The Hall–Kier alpha value is -1.98. The number of hydrogen-bond acceptors (Lipinski definition) is 4. The first-order chi connectivity index (χ1) is 7.47. The Morgan fingerprint density at radius 1 is 1.38 bits per heavy atom. The van der Waals surface area contributed by atoms with E-state index in [1.54, 1.807) is 23.0 Å². The van der Waals surface area contributed by atoms with Gasteiger partial charge >= 0.3 is 0 Å². The van der Waals surface area contributed by atoms with Crippen LogP contribution in [0.15, 0.2) is 18.6 Å². The molecule has 0 fully saturated rings. The number of rotatable bonds is 1. The first-order valence-corrected chi connectivity index (χ1v) is 4.95. The predicted octanol–water partition coefficient (Wildman–Crippen LogP) is 0.653. The molecule has 16 heavy (non-hydrogen) atoms. The van der Waals surface area contributed by atoms with Crippen molar-refractivity contribution in [2.45, 2.75) is 26.3 Å². The molecule has 0 aliphatic carbocycles. The molecule has 0 radical (unpaired) electrons. The summed E-state index contributed by atoms with van der Waals surface area (Å²) in [6, 6.07) is 0. The van der Waals surface area contributed by atoms with Gasteiger partial charge in [0, 0.05) is 17.9 Å². The lowest BCUT2D eigenvalue weighted by atomic mass is 10.1. The molecule has 6 heteroatoms. The molecule has 2 aromatic rings. The van der Waals surface area contributed by atoms with Crippen LogP contribution in [-0.2, 0) is 0 Å². The van der Waals surface area contributed by atoms with Crippen LogP contribution in [0.25, 0.3) is 5.65 Å². The fourth-order valence-electron chi connectivity index (χ4n) is 1.30. The number of carbonyl (C=O) groups is 1. The van der Waals surface area contributed by atoms with Crippen molar-refractivity contribution < 1.29 is 4.79 Å². The van der Waals surface area contributed by atoms with Crippen LogP contribution in [0.4, 0.5) is 0 Å². The molecule has 1 amide bonds. The fourth-order valence-corrected chi connectivity index (χ4v) is 1.30. The highest BCUT2D eigenvalue weighted by Gasteiger charge is 2.19. The van der Waals surface area contributed by atoms with Crippen LogP contribution in [0.1, 0.15) is 31.4 Å². The summed E-state index contributed by atoms with van der Waals surface area (Å²) in [5.41, 5.74) is 0.261. The van der Waals surface area contributed by atoms with E-state index in [0.717, 1.165) is 0 Å². The van der Waals surface area contributed by atoms with Crippen molar-refractivity contribution in [2.75, 3.05) is 0 Å². The number of hydrogen-bond donors (Lipinski definition) is 1. The maximum atomic E-state index is 11.9. The third kappa shape index (κ3) is 2.00. The Kier molecular flexibility index (Phi) is 2.34. The Morgan fingerprint density at radius 2 is 2.12 bits per heavy atom. The average molecular weight is 219 g/mol. The molecule has 0 unspecified atom stereocenters. The van der Waals surface area contributed by atoms with Gasteiger partial charge in [0.25, 0.3) is 5.91 Å². The highest BCUT2D eigenvalue weighted by Crippen LogP contribution is 2.04. The number of carbonyl (C=O) groups excluding carboxylic acids is 1. The third-order valence-corrected chi connectivity index (χ3v) is 1.91. The van der Waals surface area contributed by atoms with E-state index < -0.39 is 0 Å². The predicted molar refractivity (Wildman–Crippen MR) is 58.0 cm³/mol. The van der Waals surface area contributed by atoms with E-state index in [1.165, 1.54) is 0 Å². The smallest absolute Gasteiger partial charge is 0.290 e. The van der Waals surface area contributed by atoms with E-state index >= 15 is 0 Å². The Balaban J connectivity index is 2.37. The van der Waals surface area contributed by atoms with Gasteiger partial charge in [-0.05, 0) is 20.8 Å². The van der Waals surface area contributed by atoms with Gasteiger partial charge in [0.05, 0.1) is 6.20 Å². The normalized spacial score (nSPS) is 11.7. The number of aromatic nitrogens is 4. The maximum absolute atomic E-state index is 11.9. The van der Waals surface area contributed by atoms with Crippen LogP contribution in [0, 0.1) is 0 Å². The molecular formula is C10H13N5O. The van der Waals surface area contributed by atoms with Crippen LogP contribution in [0.2, 0.25) is 0 Å². The average Bonchev–Trinajstić information content (AvgIpc) is 2.58. The molecule has 84 valence electrons. The Bertz CT molecular complexity index is 525. The SMILES string of the molecule is CC(C)(C)NC(=O)c1nnc2cnccn12. The largest absolute Gasteiger partial charge is 0.345 e. The highest BCUT2D eigenvalue weighted by molar-refractivity contribution is 5.91. The maximum Gasteiger partial charge on any atom is 0.290 e. The van der Waals surface area contributed by atoms with Gasteiger partial charge in [-0.3, -0.25) is 14.2 Å². The molecule has 0 aliphatic heterocycles. The van der Waals surface area contributed by atoms with Crippen molar-refractivity contribution in [2.24, 2.45) is 0 Å². The molecule has 2 aromatic heterocycles. The second kappa shape index (κ2) is 3.55. The van der Waals surface area contributed by atoms with Crippen LogP contribution >= 0.6 is 0 Å². The van der Waals surface area contributed by atoms with E-state index in [0.29, 0.717) is 5.65 Å². The van der Waals surface area contributed by atoms with Gasteiger partial charge in [-0.2, -0.15) is 0 Å². The molecule has 2 heterocycles. The van der Waals surface area contributed by atoms with E-state index in [-0.39, 0.29) is 17.3 Å². The molecule has 6 nitrogen and oxygen atoms in total. The van der Waals surface area contributed by atoms with E-state index in [2.05, 4.69) is 20.5 Å². The zero-order chi connectivity index (χ0) is 11.8. The minimum absolute atomic E-state index is 0.244. The molecule has 0 spiro atoms. The third-order valence-electron chi connectivity index (χ3n) is 1.91. The van der Waals surface area contributed by atoms with E-state index in [1.807, 2.05) is 20.8 Å². The summed E-state index contributed by atoms with van der Waals surface area (Å²) in [5, 5.41) is 10.5. The minimum Gasteiger partial charge on any atom is -0.345 e. The van der Waals surface area contributed by atoms with Crippen molar-refractivity contribution in [3.63, 3.8) is 0 Å². The lowest BCUT2D eigenvalue weighted by Gasteiger charge is -2.19. The number of fused-ring (bicyclic) bond motifs is 1. The standard InChI is InChI=1S/C10H13N5O/c1-10(2,3)12-9(16)8-14-13-7-6-11-4-5-15(7)8/h4-6H,1-3H3,(H,12,16). The van der Waals surface area contributed by atoms with Gasteiger partial charge in [0.1, 0.15) is 0 Å². The molecule has 0 bridgehead atoms. The summed E-state index contributed by atoms with van der Waals surface area (Å²) in [6.07, 6.45) is 4.80. The summed E-state index contributed by atoms with van der Waals surface area (Å²) in [4.78, 5) is 15.8. The molecule has 2 rings (SSSR count). The van der Waals surface area contributed by atoms with Gasteiger partial charge in [-0.1, -0.05) is 0 Å². The topological polar surface area (TPSA) is 72.2 Å². The van der Waals surface area contributed by atoms with Gasteiger partial charge in [0.15, 0.2) is 5.65 Å². The van der Waals surface area contributed by atoms with E-state index in [4.69, 9.17) is 0 Å².